The highest BCUT2D eigenvalue weighted by Crippen LogP contribution is 2.18. The number of rotatable bonds is 5. The van der Waals surface area contributed by atoms with Gasteiger partial charge in [-0.2, -0.15) is 5.10 Å². The highest BCUT2D eigenvalue weighted by molar-refractivity contribution is 5.88. The van der Waals surface area contributed by atoms with E-state index in [4.69, 9.17) is 0 Å². The molecule has 0 spiro atoms. The number of amides is 1. The number of nitrogens with zero attached hydrogens (tertiary/aromatic N) is 2. The van der Waals surface area contributed by atoms with E-state index in [-0.39, 0.29) is 5.91 Å². The zero-order valence-electron chi connectivity index (χ0n) is 11.9. The van der Waals surface area contributed by atoms with Gasteiger partial charge in [-0.25, -0.2) is 4.79 Å². The average molecular weight is 287 g/mol. The van der Waals surface area contributed by atoms with Crippen LogP contribution >= 0.6 is 0 Å². The maximum absolute atomic E-state index is 12.2. The first-order chi connectivity index (χ1) is 9.99. The third-order valence-electron chi connectivity index (χ3n) is 3.28. The van der Waals surface area contributed by atoms with E-state index in [1.54, 1.807) is 20.2 Å². The summed E-state index contributed by atoms with van der Waals surface area (Å²) in [6, 6.07) is 8.12. The van der Waals surface area contributed by atoms with Crippen LogP contribution in [0.15, 0.2) is 42.7 Å². The van der Waals surface area contributed by atoms with E-state index >= 15 is 0 Å². The van der Waals surface area contributed by atoms with Gasteiger partial charge < -0.3 is 10.4 Å². The lowest BCUT2D eigenvalue weighted by Gasteiger charge is -2.17. The fourth-order valence-corrected chi connectivity index (χ4v) is 2.04. The molecule has 21 heavy (non-hydrogen) atoms. The molecule has 0 saturated carbocycles. The Kier molecular flexibility index (Phi) is 4.37. The van der Waals surface area contributed by atoms with Crippen LogP contribution in [-0.4, -0.2) is 26.8 Å². The smallest absolute Gasteiger partial charge is 0.331 e. The molecule has 110 valence electrons. The van der Waals surface area contributed by atoms with E-state index in [1.807, 2.05) is 30.3 Å². The number of aryl methyl sites for hydroxylation is 1. The molecule has 2 unspecified atom stereocenters. The Labute approximate surface area is 122 Å². The molecule has 2 N–H and O–H groups in total. The summed E-state index contributed by atoms with van der Waals surface area (Å²) in [5, 5.41) is 15.8. The molecule has 2 rings (SSSR count). The molecule has 0 fully saturated rings. The molecular formula is C15H17N3O3. The van der Waals surface area contributed by atoms with Crippen molar-refractivity contribution >= 4 is 11.9 Å². The summed E-state index contributed by atoms with van der Waals surface area (Å²) in [5.74, 6) is -1.88. The number of carboxylic acids is 1. The molecule has 1 heterocycles. The number of carbonyl (C=O) groups is 2. The van der Waals surface area contributed by atoms with Gasteiger partial charge in [0.25, 0.3) is 0 Å². The van der Waals surface area contributed by atoms with E-state index in [9.17, 15) is 14.7 Å². The molecule has 2 aromatic rings. The van der Waals surface area contributed by atoms with Gasteiger partial charge >= 0.3 is 5.97 Å². The van der Waals surface area contributed by atoms with Crippen molar-refractivity contribution in [2.45, 2.75) is 18.9 Å². The predicted molar refractivity (Wildman–Crippen MR) is 76.6 cm³/mol. The third-order valence-corrected chi connectivity index (χ3v) is 3.28. The van der Waals surface area contributed by atoms with E-state index in [0.717, 1.165) is 5.56 Å². The fourth-order valence-electron chi connectivity index (χ4n) is 2.04. The average Bonchev–Trinajstić information content (AvgIpc) is 2.90. The standard InChI is InChI=1S/C15H17N3O3/c1-10(11-6-4-3-5-7-11)14(19)17-13(15(20)21)12-8-16-18(2)9-12/h3-10,13H,1-2H3,(H,17,19)(H,20,21). The summed E-state index contributed by atoms with van der Waals surface area (Å²) in [6.45, 7) is 1.74. The van der Waals surface area contributed by atoms with E-state index in [2.05, 4.69) is 10.4 Å². The first-order valence-electron chi connectivity index (χ1n) is 6.55. The second-order valence-corrected chi connectivity index (χ2v) is 4.86. The summed E-state index contributed by atoms with van der Waals surface area (Å²) in [6.07, 6.45) is 3.01. The largest absolute Gasteiger partial charge is 0.479 e. The number of hydrogen-bond donors (Lipinski definition) is 2. The van der Waals surface area contributed by atoms with Crippen molar-refractivity contribution in [3.05, 3.63) is 53.9 Å². The van der Waals surface area contributed by atoms with Gasteiger partial charge in [0, 0.05) is 18.8 Å². The summed E-state index contributed by atoms with van der Waals surface area (Å²) in [4.78, 5) is 23.6. The lowest BCUT2D eigenvalue weighted by Crippen LogP contribution is -2.36. The fraction of sp³-hybridized carbons (Fsp3) is 0.267. The van der Waals surface area contributed by atoms with Gasteiger partial charge in [-0.3, -0.25) is 9.48 Å². The minimum Gasteiger partial charge on any atom is -0.479 e. The van der Waals surface area contributed by atoms with Crippen LogP contribution in [0.3, 0.4) is 0 Å². The second-order valence-electron chi connectivity index (χ2n) is 4.86. The van der Waals surface area contributed by atoms with Crippen molar-refractivity contribution in [2.75, 3.05) is 0 Å². The van der Waals surface area contributed by atoms with Gasteiger partial charge in [0.1, 0.15) is 0 Å². The van der Waals surface area contributed by atoms with Crippen LogP contribution in [0.4, 0.5) is 0 Å². The van der Waals surface area contributed by atoms with Crippen molar-refractivity contribution in [3.63, 3.8) is 0 Å². The Morgan fingerprint density at radius 3 is 2.43 bits per heavy atom. The van der Waals surface area contributed by atoms with Gasteiger partial charge in [-0.1, -0.05) is 30.3 Å². The second kappa shape index (κ2) is 6.21. The summed E-state index contributed by atoms with van der Waals surface area (Å²) < 4.78 is 1.50. The van der Waals surface area contributed by atoms with Crippen LogP contribution < -0.4 is 5.32 Å². The lowest BCUT2D eigenvalue weighted by atomic mass is 9.99. The van der Waals surface area contributed by atoms with Crippen LogP contribution in [-0.2, 0) is 16.6 Å². The van der Waals surface area contributed by atoms with Crippen LogP contribution in [0.5, 0.6) is 0 Å². The first-order valence-corrected chi connectivity index (χ1v) is 6.55. The number of carbonyl (C=O) groups excluding carboxylic acids is 1. The maximum atomic E-state index is 12.2. The predicted octanol–water partition coefficient (Wildman–Crippen LogP) is 1.47. The molecule has 0 bridgehead atoms. The third kappa shape index (κ3) is 3.47. The molecule has 1 aromatic carbocycles. The summed E-state index contributed by atoms with van der Waals surface area (Å²) in [5.41, 5.74) is 1.28. The van der Waals surface area contributed by atoms with Crippen molar-refractivity contribution in [2.24, 2.45) is 7.05 Å². The van der Waals surface area contributed by atoms with E-state index in [1.165, 1.54) is 10.9 Å². The molecule has 6 heteroatoms. The van der Waals surface area contributed by atoms with E-state index in [0.29, 0.717) is 5.56 Å². The quantitative estimate of drug-likeness (QED) is 0.872. The number of aliphatic carboxylic acids is 1. The maximum Gasteiger partial charge on any atom is 0.331 e. The van der Waals surface area contributed by atoms with Crippen molar-refractivity contribution in [3.8, 4) is 0 Å². The number of aromatic nitrogens is 2. The van der Waals surface area contributed by atoms with Crippen molar-refractivity contribution in [1.29, 1.82) is 0 Å². The van der Waals surface area contributed by atoms with Crippen molar-refractivity contribution in [1.82, 2.24) is 15.1 Å². The zero-order valence-corrected chi connectivity index (χ0v) is 11.9. The molecular weight excluding hydrogens is 270 g/mol. The van der Waals surface area contributed by atoms with Gasteiger partial charge in [0.05, 0.1) is 12.1 Å². The lowest BCUT2D eigenvalue weighted by molar-refractivity contribution is -0.142. The summed E-state index contributed by atoms with van der Waals surface area (Å²) in [7, 11) is 1.69. The van der Waals surface area contributed by atoms with Gasteiger partial charge in [0.2, 0.25) is 5.91 Å². The number of benzene rings is 1. The topological polar surface area (TPSA) is 84.2 Å². The SMILES string of the molecule is CC(C(=O)NC(C(=O)O)c1cnn(C)c1)c1ccccc1. The molecule has 0 saturated heterocycles. The Morgan fingerprint density at radius 2 is 1.90 bits per heavy atom. The van der Waals surface area contributed by atoms with Gasteiger partial charge in [-0.15, -0.1) is 0 Å². The molecule has 0 aliphatic carbocycles. The monoisotopic (exact) mass is 287 g/mol. The normalized spacial score (nSPS) is 13.4. The zero-order chi connectivity index (χ0) is 15.4. The highest BCUT2D eigenvalue weighted by Gasteiger charge is 2.26. The Bertz CT molecular complexity index is 637. The van der Waals surface area contributed by atoms with Gasteiger partial charge in [-0.05, 0) is 12.5 Å². The van der Waals surface area contributed by atoms with Crippen molar-refractivity contribution < 1.29 is 14.7 Å². The van der Waals surface area contributed by atoms with Crippen LogP contribution in [0.1, 0.15) is 30.0 Å². The minimum atomic E-state index is -1.11. The van der Waals surface area contributed by atoms with E-state index < -0.39 is 17.9 Å². The molecule has 1 amide bonds. The number of carboxylic acid groups (broad SMARTS) is 1. The Balaban J connectivity index is 2.14. The molecule has 0 aliphatic heterocycles. The van der Waals surface area contributed by atoms with Crippen LogP contribution in [0.25, 0.3) is 0 Å². The molecule has 0 radical (unpaired) electrons. The molecule has 1 aromatic heterocycles. The number of hydrogen-bond acceptors (Lipinski definition) is 3. The Morgan fingerprint density at radius 1 is 1.24 bits per heavy atom. The first kappa shape index (κ1) is 14.8. The van der Waals surface area contributed by atoms with Crippen LogP contribution in [0, 0.1) is 0 Å². The molecule has 6 nitrogen and oxygen atoms in total. The summed E-state index contributed by atoms with van der Waals surface area (Å²) >= 11 is 0. The Hall–Kier alpha value is -2.63. The molecule has 0 aliphatic rings. The molecule has 2 atom stereocenters. The minimum absolute atomic E-state index is 0.336. The van der Waals surface area contributed by atoms with Crippen LogP contribution in [0.2, 0.25) is 0 Å². The number of nitrogens with one attached hydrogen (secondary N) is 1. The highest BCUT2D eigenvalue weighted by atomic mass is 16.4. The van der Waals surface area contributed by atoms with Gasteiger partial charge in [0.15, 0.2) is 6.04 Å².